The van der Waals surface area contributed by atoms with Gasteiger partial charge in [0.05, 0.1) is 31.4 Å². The fraction of sp³-hybridized carbons (Fsp3) is 0.350. The number of imidazole rings is 1. The molecule has 2 aromatic heterocycles. The van der Waals surface area contributed by atoms with Gasteiger partial charge in [-0.1, -0.05) is 29.8 Å². The largest absolute Gasteiger partial charge is 0.406 e. The van der Waals surface area contributed by atoms with Crippen LogP contribution >= 0.6 is 0 Å². The lowest BCUT2D eigenvalue weighted by molar-refractivity contribution is -0.140. The van der Waals surface area contributed by atoms with Crippen LogP contribution in [0.4, 0.5) is 24.7 Å². The SMILES string of the molecule is Cc1cccc(/C=N/Nc2cc(N3CCOCC3)c3ncn(CC(F)(F)F)c3n2)c1. The van der Waals surface area contributed by atoms with E-state index in [0.29, 0.717) is 43.3 Å². The number of halogens is 3. The molecule has 158 valence electrons. The van der Waals surface area contributed by atoms with Crippen LogP contribution in [-0.2, 0) is 11.3 Å². The van der Waals surface area contributed by atoms with Gasteiger partial charge in [0.1, 0.15) is 12.1 Å². The molecule has 4 rings (SSSR count). The Morgan fingerprint density at radius 3 is 2.77 bits per heavy atom. The second-order valence-corrected chi connectivity index (χ2v) is 7.07. The average molecular weight is 418 g/mol. The second kappa shape index (κ2) is 8.31. The quantitative estimate of drug-likeness (QED) is 0.507. The van der Waals surface area contributed by atoms with E-state index in [-0.39, 0.29) is 5.65 Å². The van der Waals surface area contributed by atoms with Gasteiger partial charge in [0.2, 0.25) is 0 Å². The number of ether oxygens (including phenoxy) is 1. The zero-order chi connectivity index (χ0) is 21.1. The van der Waals surface area contributed by atoms with Gasteiger partial charge in [-0.25, -0.2) is 9.97 Å². The topological polar surface area (TPSA) is 67.6 Å². The number of aromatic nitrogens is 3. The van der Waals surface area contributed by atoms with Crippen molar-refractivity contribution in [3.63, 3.8) is 0 Å². The molecule has 30 heavy (non-hydrogen) atoms. The van der Waals surface area contributed by atoms with Gasteiger partial charge >= 0.3 is 6.18 Å². The molecule has 1 N–H and O–H groups in total. The van der Waals surface area contributed by atoms with Gasteiger partial charge in [-0.05, 0) is 12.5 Å². The molecule has 1 aliphatic heterocycles. The van der Waals surface area contributed by atoms with Crippen molar-refractivity contribution < 1.29 is 17.9 Å². The normalized spacial score (nSPS) is 15.3. The number of pyridine rings is 1. The number of morpholine rings is 1. The molecule has 0 saturated carbocycles. The Morgan fingerprint density at radius 1 is 1.23 bits per heavy atom. The summed E-state index contributed by atoms with van der Waals surface area (Å²) >= 11 is 0. The number of aryl methyl sites for hydroxylation is 1. The molecule has 7 nitrogen and oxygen atoms in total. The number of hydrogen-bond acceptors (Lipinski definition) is 6. The summed E-state index contributed by atoms with van der Waals surface area (Å²) in [6.45, 7) is 3.16. The summed E-state index contributed by atoms with van der Waals surface area (Å²) < 4.78 is 45.3. The van der Waals surface area contributed by atoms with Crippen LogP contribution in [0.5, 0.6) is 0 Å². The van der Waals surface area contributed by atoms with E-state index in [1.54, 1.807) is 12.3 Å². The third-order valence-electron chi connectivity index (χ3n) is 4.69. The van der Waals surface area contributed by atoms with E-state index in [4.69, 9.17) is 4.74 Å². The number of rotatable bonds is 5. The molecule has 10 heteroatoms. The van der Waals surface area contributed by atoms with Crippen molar-refractivity contribution >= 4 is 28.9 Å². The number of hydrogen-bond donors (Lipinski definition) is 1. The van der Waals surface area contributed by atoms with Crippen LogP contribution in [0, 0.1) is 6.92 Å². The smallest absolute Gasteiger partial charge is 0.378 e. The number of fused-ring (bicyclic) bond motifs is 1. The van der Waals surface area contributed by atoms with Gasteiger partial charge in [0, 0.05) is 19.2 Å². The molecule has 3 aromatic rings. The van der Waals surface area contributed by atoms with E-state index < -0.39 is 12.7 Å². The Hall–Kier alpha value is -3.14. The highest BCUT2D eigenvalue weighted by Crippen LogP contribution is 2.30. The van der Waals surface area contributed by atoms with E-state index in [2.05, 4.69) is 20.5 Å². The van der Waals surface area contributed by atoms with Crippen LogP contribution in [-0.4, -0.2) is 53.2 Å². The molecule has 3 heterocycles. The molecule has 0 unspecified atom stereocenters. The van der Waals surface area contributed by atoms with E-state index in [9.17, 15) is 13.2 Å². The number of hydrazone groups is 1. The van der Waals surface area contributed by atoms with Crippen molar-refractivity contribution in [3.05, 3.63) is 47.8 Å². The number of benzene rings is 1. The van der Waals surface area contributed by atoms with Crippen LogP contribution in [0.25, 0.3) is 11.2 Å². The fourth-order valence-electron chi connectivity index (χ4n) is 3.35. The van der Waals surface area contributed by atoms with E-state index in [0.717, 1.165) is 15.7 Å². The summed E-state index contributed by atoms with van der Waals surface area (Å²) in [5.74, 6) is 0.344. The highest BCUT2D eigenvalue weighted by molar-refractivity contribution is 5.89. The summed E-state index contributed by atoms with van der Waals surface area (Å²) in [4.78, 5) is 10.6. The van der Waals surface area contributed by atoms with Crippen molar-refractivity contribution in [1.29, 1.82) is 0 Å². The molecular weight excluding hydrogens is 397 g/mol. The second-order valence-electron chi connectivity index (χ2n) is 7.07. The van der Waals surface area contributed by atoms with Crippen molar-refractivity contribution in [2.75, 3.05) is 36.6 Å². The molecule has 1 aliphatic rings. The summed E-state index contributed by atoms with van der Waals surface area (Å²) in [6.07, 6.45) is -1.56. The first-order chi connectivity index (χ1) is 14.4. The van der Waals surface area contributed by atoms with Crippen LogP contribution in [0.1, 0.15) is 11.1 Å². The van der Waals surface area contributed by atoms with Gasteiger partial charge in [0.15, 0.2) is 11.5 Å². The fourth-order valence-corrected chi connectivity index (χ4v) is 3.35. The molecule has 1 saturated heterocycles. The maximum absolute atomic E-state index is 13.0. The number of nitrogens with one attached hydrogen (secondary N) is 1. The van der Waals surface area contributed by atoms with Crippen LogP contribution < -0.4 is 10.3 Å². The lowest BCUT2D eigenvalue weighted by atomic mass is 10.2. The maximum atomic E-state index is 13.0. The van der Waals surface area contributed by atoms with E-state index in [1.807, 2.05) is 36.1 Å². The van der Waals surface area contributed by atoms with E-state index in [1.165, 1.54) is 6.33 Å². The zero-order valence-electron chi connectivity index (χ0n) is 16.4. The highest BCUT2D eigenvalue weighted by atomic mass is 19.4. The molecule has 0 atom stereocenters. The third-order valence-corrected chi connectivity index (χ3v) is 4.69. The number of alkyl halides is 3. The lowest BCUT2D eigenvalue weighted by Gasteiger charge is -2.29. The van der Waals surface area contributed by atoms with Crippen molar-refractivity contribution in [2.24, 2.45) is 5.10 Å². The Kier molecular flexibility index (Phi) is 5.58. The maximum Gasteiger partial charge on any atom is 0.406 e. The minimum absolute atomic E-state index is 0.157. The van der Waals surface area contributed by atoms with Gasteiger partial charge in [-0.2, -0.15) is 18.3 Å². The Morgan fingerprint density at radius 2 is 2.03 bits per heavy atom. The monoisotopic (exact) mass is 418 g/mol. The molecule has 0 amide bonds. The highest BCUT2D eigenvalue weighted by Gasteiger charge is 2.30. The van der Waals surface area contributed by atoms with Crippen molar-refractivity contribution in [3.8, 4) is 0 Å². The first kappa shape index (κ1) is 20.1. The van der Waals surface area contributed by atoms with Gasteiger partial charge < -0.3 is 14.2 Å². The molecule has 0 spiro atoms. The average Bonchev–Trinajstić information content (AvgIpc) is 3.09. The zero-order valence-corrected chi connectivity index (χ0v) is 16.4. The van der Waals surface area contributed by atoms with E-state index >= 15 is 0 Å². The third kappa shape index (κ3) is 4.70. The first-order valence-corrected chi connectivity index (χ1v) is 9.50. The van der Waals surface area contributed by atoms with Crippen LogP contribution in [0.3, 0.4) is 0 Å². The Balaban J connectivity index is 1.68. The summed E-state index contributed by atoms with van der Waals surface area (Å²) in [7, 11) is 0. The van der Waals surface area contributed by atoms with Crippen molar-refractivity contribution in [2.45, 2.75) is 19.6 Å². The first-order valence-electron chi connectivity index (χ1n) is 9.50. The molecular formula is C20H21F3N6O. The Bertz CT molecular complexity index is 1060. The molecule has 1 aromatic carbocycles. The van der Waals surface area contributed by atoms with Crippen LogP contribution in [0.15, 0.2) is 41.8 Å². The van der Waals surface area contributed by atoms with Crippen LogP contribution in [0.2, 0.25) is 0 Å². The molecule has 1 fully saturated rings. The van der Waals surface area contributed by atoms with Gasteiger partial charge in [0.25, 0.3) is 0 Å². The van der Waals surface area contributed by atoms with Gasteiger partial charge in [-0.15, -0.1) is 0 Å². The predicted octanol–water partition coefficient (Wildman–Crippen LogP) is 3.58. The molecule has 0 bridgehead atoms. The minimum Gasteiger partial charge on any atom is -0.378 e. The molecule has 0 radical (unpaired) electrons. The Labute approximate surface area is 171 Å². The molecule has 0 aliphatic carbocycles. The lowest BCUT2D eigenvalue weighted by Crippen LogP contribution is -2.36. The summed E-state index contributed by atoms with van der Waals surface area (Å²) in [5, 5.41) is 4.20. The predicted molar refractivity (Wildman–Crippen MR) is 109 cm³/mol. The summed E-state index contributed by atoms with van der Waals surface area (Å²) in [6, 6.07) is 9.54. The van der Waals surface area contributed by atoms with Gasteiger partial charge in [-0.3, -0.25) is 5.43 Å². The standard InChI is InChI=1S/C20H21F3N6O/c1-14-3-2-4-15(9-14)11-25-27-17-10-16(28-5-7-30-8-6-28)18-19(26-17)29(13-24-18)12-20(21,22)23/h2-4,9-11,13H,5-8,12H2,1H3,(H,26,27)/b25-11+. The number of anilines is 2. The number of nitrogens with zero attached hydrogens (tertiary/aromatic N) is 5. The minimum atomic E-state index is -4.37. The van der Waals surface area contributed by atoms with Crippen molar-refractivity contribution in [1.82, 2.24) is 14.5 Å². The summed E-state index contributed by atoms with van der Waals surface area (Å²) in [5.41, 5.74) is 6.13.